The molecule has 0 radical (unpaired) electrons. The van der Waals surface area contributed by atoms with E-state index in [1.807, 2.05) is 6.92 Å². The fraction of sp³-hybridized carbons (Fsp3) is 0.500. The molecule has 0 unspecified atom stereocenters. The lowest BCUT2D eigenvalue weighted by Gasteiger charge is -2.21. The van der Waals surface area contributed by atoms with E-state index in [-0.39, 0.29) is 24.8 Å². The molecule has 6 heteroatoms. The van der Waals surface area contributed by atoms with E-state index < -0.39 is 11.4 Å². The van der Waals surface area contributed by atoms with E-state index in [4.69, 9.17) is 0 Å². The van der Waals surface area contributed by atoms with Gasteiger partial charge in [0.15, 0.2) is 0 Å². The summed E-state index contributed by atoms with van der Waals surface area (Å²) in [6, 6.07) is 5.26. The number of rotatable bonds is 8. The highest BCUT2D eigenvalue weighted by atomic mass is 19.1. The van der Waals surface area contributed by atoms with E-state index in [1.165, 1.54) is 24.3 Å². The summed E-state index contributed by atoms with van der Waals surface area (Å²) in [6.45, 7) is 4.07. The fourth-order valence-electron chi connectivity index (χ4n) is 1.66. The van der Waals surface area contributed by atoms with Gasteiger partial charge in [-0.2, -0.15) is 0 Å². The molecule has 0 saturated heterocycles. The Bertz CT molecular complexity index is 501. The molecule has 0 heterocycles. The van der Waals surface area contributed by atoms with Gasteiger partial charge in [0, 0.05) is 25.1 Å². The summed E-state index contributed by atoms with van der Waals surface area (Å²) < 4.78 is 12.7. The second kappa shape index (κ2) is 8.48. The van der Waals surface area contributed by atoms with Gasteiger partial charge in [0.1, 0.15) is 5.82 Å². The van der Waals surface area contributed by atoms with Gasteiger partial charge in [-0.3, -0.25) is 9.59 Å². The second-order valence-corrected chi connectivity index (χ2v) is 5.49. The van der Waals surface area contributed by atoms with Crippen molar-refractivity contribution in [2.45, 2.75) is 38.7 Å². The molecule has 3 N–H and O–H groups in total. The van der Waals surface area contributed by atoms with Gasteiger partial charge >= 0.3 is 0 Å². The normalized spacial score (nSPS) is 13.3. The van der Waals surface area contributed by atoms with E-state index in [2.05, 4.69) is 10.6 Å². The molecule has 122 valence electrons. The molecule has 0 aromatic heterocycles. The number of hydrogen-bond donors (Lipinski definition) is 3. The summed E-state index contributed by atoms with van der Waals surface area (Å²) in [6.07, 6.45) is 1.32. The highest BCUT2D eigenvalue weighted by molar-refractivity contribution is 5.94. The van der Waals surface area contributed by atoms with Crippen LogP contribution in [0.5, 0.6) is 0 Å². The molecule has 2 amide bonds. The maximum Gasteiger partial charge on any atom is 0.251 e. The first-order valence-corrected chi connectivity index (χ1v) is 7.37. The Balaban J connectivity index is 2.20. The third-order valence-corrected chi connectivity index (χ3v) is 3.40. The number of carbonyl (C=O) groups excluding carboxylic acids is 2. The van der Waals surface area contributed by atoms with Crippen molar-refractivity contribution >= 4 is 11.8 Å². The molecule has 1 rings (SSSR count). The lowest BCUT2D eigenvalue weighted by molar-refractivity contribution is -0.122. The first-order chi connectivity index (χ1) is 10.3. The summed E-state index contributed by atoms with van der Waals surface area (Å²) in [4.78, 5) is 23.3. The van der Waals surface area contributed by atoms with Gasteiger partial charge in [-0.1, -0.05) is 6.92 Å². The number of halogens is 1. The molecule has 22 heavy (non-hydrogen) atoms. The minimum atomic E-state index is -0.896. The van der Waals surface area contributed by atoms with Gasteiger partial charge in [-0.25, -0.2) is 4.39 Å². The van der Waals surface area contributed by atoms with Crippen LogP contribution in [0.3, 0.4) is 0 Å². The van der Waals surface area contributed by atoms with Gasteiger partial charge < -0.3 is 15.7 Å². The quantitative estimate of drug-likeness (QED) is 0.638. The van der Waals surface area contributed by atoms with Crippen molar-refractivity contribution in [1.82, 2.24) is 10.6 Å². The number of carbonyl (C=O) groups is 2. The molecule has 0 spiro atoms. The largest absolute Gasteiger partial charge is 0.388 e. The first kappa shape index (κ1) is 18.1. The highest BCUT2D eigenvalue weighted by Gasteiger charge is 2.18. The molecular weight excluding hydrogens is 287 g/mol. The molecule has 0 aliphatic rings. The molecular formula is C16H23FN2O3. The van der Waals surface area contributed by atoms with Gasteiger partial charge in [0.25, 0.3) is 5.91 Å². The predicted octanol–water partition coefficient (Wildman–Crippen LogP) is 1.61. The van der Waals surface area contributed by atoms with Gasteiger partial charge in [0.2, 0.25) is 5.91 Å². The van der Waals surface area contributed by atoms with Crippen LogP contribution in [0.25, 0.3) is 0 Å². The molecule has 0 aliphatic heterocycles. The van der Waals surface area contributed by atoms with Crippen LogP contribution < -0.4 is 10.6 Å². The summed E-state index contributed by atoms with van der Waals surface area (Å²) in [5, 5.41) is 15.1. The van der Waals surface area contributed by atoms with Crippen LogP contribution in [0.2, 0.25) is 0 Å². The fourth-order valence-corrected chi connectivity index (χ4v) is 1.66. The third-order valence-electron chi connectivity index (χ3n) is 3.40. The summed E-state index contributed by atoms with van der Waals surface area (Å²) in [7, 11) is 0. The average molecular weight is 310 g/mol. The van der Waals surface area contributed by atoms with Gasteiger partial charge in [0.05, 0.1) is 5.60 Å². The van der Waals surface area contributed by atoms with Crippen molar-refractivity contribution in [3.05, 3.63) is 35.6 Å². The number of benzene rings is 1. The highest BCUT2D eigenvalue weighted by Crippen LogP contribution is 2.06. The molecule has 0 saturated carbocycles. The Morgan fingerprint density at radius 1 is 1.23 bits per heavy atom. The van der Waals surface area contributed by atoms with E-state index >= 15 is 0 Å². The van der Waals surface area contributed by atoms with E-state index in [9.17, 15) is 19.1 Å². The zero-order valence-corrected chi connectivity index (χ0v) is 13.0. The Kier molecular flexibility index (Phi) is 6.98. The summed E-state index contributed by atoms with van der Waals surface area (Å²) >= 11 is 0. The molecule has 0 fully saturated rings. The van der Waals surface area contributed by atoms with Crippen LogP contribution in [-0.4, -0.2) is 35.6 Å². The number of hydrogen-bond acceptors (Lipinski definition) is 3. The lowest BCUT2D eigenvalue weighted by atomic mass is 10.0. The lowest BCUT2D eigenvalue weighted by Crippen LogP contribution is -2.40. The predicted molar refractivity (Wildman–Crippen MR) is 81.9 cm³/mol. The van der Waals surface area contributed by atoms with E-state index in [0.717, 1.165) is 0 Å². The van der Waals surface area contributed by atoms with E-state index in [0.29, 0.717) is 24.9 Å². The zero-order valence-electron chi connectivity index (χ0n) is 13.0. The average Bonchev–Trinajstić information content (AvgIpc) is 2.50. The van der Waals surface area contributed by atoms with Crippen LogP contribution in [0, 0.1) is 5.82 Å². The Morgan fingerprint density at radius 3 is 2.45 bits per heavy atom. The van der Waals surface area contributed by atoms with Gasteiger partial charge in [-0.05, 0) is 44.0 Å². The topological polar surface area (TPSA) is 78.4 Å². The minimum absolute atomic E-state index is 0.162. The summed E-state index contributed by atoms with van der Waals surface area (Å²) in [5.74, 6) is -0.852. The van der Waals surface area contributed by atoms with Crippen LogP contribution in [0.4, 0.5) is 4.39 Å². The van der Waals surface area contributed by atoms with Crippen LogP contribution in [-0.2, 0) is 4.79 Å². The Labute approximate surface area is 129 Å². The number of nitrogens with one attached hydrogen (secondary N) is 2. The van der Waals surface area contributed by atoms with Crippen LogP contribution >= 0.6 is 0 Å². The maximum absolute atomic E-state index is 12.7. The molecule has 1 aromatic carbocycles. The molecule has 1 atom stereocenters. The van der Waals surface area contributed by atoms with Crippen molar-refractivity contribution < 1.29 is 19.1 Å². The molecule has 0 aliphatic carbocycles. The van der Waals surface area contributed by atoms with Crippen molar-refractivity contribution in [3.8, 4) is 0 Å². The van der Waals surface area contributed by atoms with Crippen LogP contribution in [0.1, 0.15) is 43.5 Å². The third kappa shape index (κ3) is 6.67. The van der Waals surface area contributed by atoms with E-state index in [1.54, 1.807) is 6.92 Å². The Hall–Kier alpha value is -1.95. The standard InChI is InChI=1S/C16H23FN2O3/c1-3-16(2,22)11-19-14(20)5-4-10-18-15(21)12-6-8-13(17)9-7-12/h6-9,22H,3-5,10-11H2,1-2H3,(H,18,21)(H,19,20)/t16-/m0/s1. The molecule has 5 nitrogen and oxygen atoms in total. The zero-order chi connectivity index (χ0) is 16.6. The monoisotopic (exact) mass is 310 g/mol. The SMILES string of the molecule is CC[C@](C)(O)CNC(=O)CCCNC(=O)c1ccc(F)cc1. The second-order valence-electron chi connectivity index (χ2n) is 5.49. The van der Waals surface area contributed by atoms with Crippen molar-refractivity contribution in [2.24, 2.45) is 0 Å². The number of amides is 2. The van der Waals surface area contributed by atoms with Crippen LogP contribution in [0.15, 0.2) is 24.3 Å². The van der Waals surface area contributed by atoms with Crippen molar-refractivity contribution in [3.63, 3.8) is 0 Å². The summed E-state index contributed by atoms with van der Waals surface area (Å²) in [5.41, 5.74) is -0.517. The van der Waals surface area contributed by atoms with Gasteiger partial charge in [-0.15, -0.1) is 0 Å². The first-order valence-electron chi connectivity index (χ1n) is 7.37. The molecule has 1 aromatic rings. The minimum Gasteiger partial charge on any atom is -0.388 e. The smallest absolute Gasteiger partial charge is 0.251 e. The molecule has 0 bridgehead atoms. The van der Waals surface area contributed by atoms with Crippen molar-refractivity contribution in [1.29, 1.82) is 0 Å². The van der Waals surface area contributed by atoms with Crippen molar-refractivity contribution in [2.75, 3.05) is 13.1 Å². The number of aliphatic hydroxyl groups is 1. The maximum atomic E-state index is 12.7. The Morgan fingerprint density at radius 2 is 1.86 bits per heavy atom.